The van der Waals surface area contributed by atoms with E-state index in [9.17, 15) is 4.79 Å². The number of carbonyl (C=O) groups excluding carboxylic acids is 1. The number of anilines is 1. The number of H-pyrrole nitrogens is 1. The minimum Gasteiger partial charge on any atom is -0.497 e. The zero-order chi connectivity index (χ0) is 21.4. The average molecular weight is 416 g/mol. The molecule has 2 aromatic heterocycles. The molecular formula is C23H24N6O2. The standard InChI is InChI=1S/C23H24N6O2/c1-27-20-6-4-3-5-18(20)22(26-27)23(30)29-13-11-28(12-14-29)21-15-19(24-25-21)16-7-9-17(31-2)10-8-16/h3-10,15H,11-14H2,1-2H3,(H,24,25). The Morgan fingerprint density at radius 3 is 2.52 bits per heavy atom. The Labute approximate surface area is 180 Å². The molecule has 8 nitrogen and oxygen atoms in total. The maximum Gasteiger partial charge on any atom is 0.275 e. The summed E-state index contributed by atoms with van der Waals surface area (Å²) in [5, 5.41) is 13.0. The number of piperazine rings is 1. The first kappa shape index (κ1) is 19.2. The van der Waals surface area contributed by atoms with Gasteiger partial charge >= 0.3 is 0 Å². The first-order chi connectivity index (χ1) is 15.1. The maximum atomic E-state index is 13.1. The summed E-state index contributed by atoms with van der Waals surface area (Å²) in [6, 6.07) is 17.8. The number of methoxy groups -OCH3 is 1. The highest BCUT2D eigenvalue weighted by atomic mass is 16.5. The SMILES string of the molecule is COc1ccc(-c2cc(N3CCN(C(=O)c4nn(C)c5ccccc45)CC3)n[nH]2)cc1. The number of aryl methyl sites for hydroxylation is 1. The van der Waals surface area contributed by atoms with Gasteiger partial charge in [-0.2, -0.15) is 10.2 Å². The van der Waals surface area contributed by atoms with E-state index in [1.807, 2.05) is 66.5 Å². The third-order valence-corrected chi connectivity index (χ3v) is 5.82. The van der Waals surface area contributed by atoms with Crippen LogP contribution in [0.15, 0.2) is 54.6 Å². The van der Waals surface area contributed by atoms with E-state index in [1.165, 1.54) is 0 Å². The Balaban J connectivity index is 1.27. The summed E-state index contributed by atoms with van der Waals surface area (Å²) in [4.78, 5) is 17.2. The number of fused-ring (bicyclic) bond motifs is 1. The van der Waals surface area contributed by atoms with E-state index in [0.29, 0.717) is 18.8 Å². The third-order valence-electron chi connectivity index (χ3n) is 5.82. The number of carbonyl (C=O) groups is 1. The molecule has 1 aliphatic heterocycles. The van der Waals surface area contributed by atoms with Crippen molar-refractivity contribution in [3.05, 3.63) is 60.3 Å². The van der Waals surface area contributed by atoms with Crippen LogP contribution in [0.4, 0.5) is 5.82 Å². The fraction of sp³-hybridized carbons (Fsp3) is 0.261. The largest absolute Gasteiger partial charge is 0.497 e. The first-order valence-electron chi connectivity index (χ1n) is 10.3. The summed E-state index contributed by atoms with van der Waals surface area (Å²) in [5.41, 5.74) is 3.49. The number of nitrogens with zero attached hydrogens (tertiary/aromatic N) is 5. The molecule has 1 saturated heterocycles. The second-order valence-electron chi connectivity index (χ2n) is 7.64. The number of nitrogens with one attached hydrogen (secondary N) is 1. The number of aromatic amines is 1. The molecule has 1 aliphatic rings. The molecule has 0 spiro atoms. The van der Waals surface area contributed by atoms with Crippen molar-refractivity contribution in [2.24, 2.45) is 7.05 Å². The molecule has 0 saturated carbocycles. The monoisotopic (exact) mass is 416 g/mol. The fourth-order valence-electron chi connectivity index (χ4n) is 4.05. The molecule has 0 bridgehead atoms. The quantitative estimate of drug-likeness (QED) is 0.553. The van der Waals surface area contributed by atoms with Gasteiger partial charge in [-0.3, -0.25) is 14.6 Å². The molecular weight excluding hydrogens is 392 g/mol. The van der Waals surface area contributed by atoms with Crippen molar-refractivity contribution >= 4 is 22.6 Å². The van der Waals surface area contributed by atoms with E-state index in [1.54, 1.807) is 11.8 Å². The van der Waals surface area contributed by atoms with Gasteiger partial charge in [0, 0.05) is 44.7 Å². The van der Waals surface area contributed by atoms with Gasteiger partial charge in [-0.1, -0.05) is 18.2 Å². The van der Waals surface area contributed by atoms with Crippen LogP contribution in [0.1, 0.15) is 10.5 Å². The van der Waals surface area contributed by atoms with Crippen molar-refractivity contribution in [2.75, 3.05) is 38.2 Å². The number of benzene rings is 2. The lowest BCUT2D eigenvalue weighted by atomic mass is 10.1. The van der Waals surface area contributed by atoms with Gasteiger partial charge in [0.2, 0.25) is 0 Å². The molecule has 3 heterocycles. The predicted molar refractivity (Wildman–Crippen MR) is 119 cm³/mol. The lowest BCUT2D eigenvalue weighted by Crippen LogP contribution is -2.49. The third kappa shape index (κ3) is 3.50. The molecule has 0 atom stereocenters. The summed E-state index contributed by atoms with van der Waals surface area (Å²) < 4.78 is 6.99. The number of hydrogen-bond acceptors (Lipinski definition) is 5. The Kier molecular flexibility index (Phi) is 4.82. The van der Waals surface area contributed by atoms with Crippen molar-refractivity contribution in [1.82, 2.24) is 24.9 Å². The number of hydrogen-bond donors (Lipinski definition) is 1. The van der Waals surface area contributed by atoms with Crippen molar-refractivity contribution in [2.45, 2.75) is 0 Å². The number of para-hydroxylation sites is 1. The molecule has 0 unspecified atom stereocenters. The minimum atomic E-state index is -0.0163. The Morgan fingerprint density at radius 2 is 1.77 bits per heavy atom. The van der Waals surface area contributed by atoms with Gasteiger partial charge in [0.1, 0.15) is 5.75 Å². The van der Waals surface area contributed by atoms with Gasteiger partial charge in [-0.25, -0.2) is 0 Å². The van der Waals surface area contributed by atoms with E-state index in [-0.39, 0.29) is 5.91 Å². The molecule has 1 N–H and O–H groups in total. The molecule has 31 heavy (non-hydrogen) atoms. The summed E-state index contributed by atoms with van der Waals surface area (Å²) in [5.74, 6) is 1.70. The number of aromatic nitrogens is 4. The number of rotatable bonds is 4. The zero-order valence-corrected chi connectivity index (χ0v) is 17.6. The van der Waals surface area contributed by atoms with Crippen molar-refractivity contribution in [3.8, 4) is 17.0 Å². The fourth-order valence-corrected chi connectivity index (χ4v) is 4.05. The van der Waals surface area contributed by atoms with Gasteiger partial charge in [0.25, 0.3) is 5.91 Å². The Bertz CT molecular complexity index is 1220. The second kappa shape index (κ2) is 7.79. The number of ether oxygens (including phenoxy) is 1. The van der Waals surface area contributed by atoms with Crippen LogP contribution in [-0.2, 0) is 7.05 Å². The van der Waals surface area contributed by atoms with Gasteiger partial charge in [0.15, 0.2) is 11.5 Å². The van der Waals surface area contributed by atoms with Gasteiger partial charge in [-0.05, 0) is 35.9 Å². The van der Waals surface area contributed by atoms with E-state index in [4.69, 9.17) is 4.74 Å². The van der Waals surface area contributed by atoms with Crippen molar-refractivity contribution in [1.29, 1.82) is 0 Å². The van der Waals surface area contributed by atoms with Crippen LogP contribution < -0.4 is 9.64 Å². The van der Waals surface area contributed by atoms with Gasteiger partial charge in [0.05, 0.1) is 18.3 Å². The molecule has 1 amide bonds. The normalized spacial score (nSPS) is 14.3. The van der Waals surface area contributed by atoms with E-state index in [0.717, 1.165) is 46.8 Å². The van der Waals surface area contributed by atoms with E-state index >= 15 is 0 Å². The molecule has 0 aliphatic carbocycles. The molecule has 1 fully saturated rings. The van der Waals surface area contributed by atoms with Crippen molar-refractivity contribution < 1.29 is 9.53 Å². The highest BCUT2D eigenvalue weighted by Gasteiger charge is 2.26. The van der Waals surface area contributed by atoms with Crippen molar-refractivity contribution in [3.63, 3.8) is 0 Å². The highest BCUT2D eigenvalue weighted by Crippen LogP contribution is 2.25. The van der Waals surface area contributed by atoms with E-state index in [2.05, 4.69) is 20.2 Å². The van der Waals surface area contributed by atoms with Gasteiger partial charge < -0.3 is 14.5 Å². The zero-order valence-electron chi connectivity index (χ0n) is 17.6. The van der Waals surface area contributed by atoms with Crippen LogP contribution in [0, 0.1) is 0 Å². The smallest absolute Gasteiger partial charge is 0.275 e. The highest BCUT2D eigenvalue weighted by molar-refractivity contribution is 6.04. The first-order valence-corrected chi connectivity index (χ1v) is 10.3. The molecule has 2 aromatic carbocycles. The lowest BCUT2D eigenvalue weighted by Gasteiger charge is -2.34. The number of amides is 1. The van der Waals surface area contributed by atoms with Crippen LogP contribution in [0.3, 0.4) is 0 Å². The molecule has 158 valence electrons. The van der Waals surface area contributed by atoms with Crippen LogP contribution >= 0.6 is 0 Å². The molecule has 4 aromatic rings. The second-order valence-corrected chi connectivity index (χ2v) is 7.64. The van der Waals surface area contributed by atoms with Crippen LogP contribution in [0.2, 0.25) is 0 Å². The molecule has 5 rings (SSSR count). The summed E-state index contributed by atoms with van der Waals surface area (Å²) >= 11 is 0. The Hall–Kier alpha value is -3.81. The minimum absolute atomic E-state index is 0.0163. The summed E-state index contributed by atoms with van der Waals surface area (Å²) in [6.45, 7) is 2.72. The topological polar surface area (TPSA) is 79.3 Å². The lowest BCUT2D eigenvalue weighted by molar-refractivity contribution is 0.0741. The average Bonchev–Trinajstić information content (AvgIpc) is 3.44. The molecule has 8 heteroatoms. The predicted octanol–water partition coefficient (Wildman–Crippen LogP) is 2.93. The van der Waals surface area contributed by atoms with Crippen LogP contribution in [-0.4, -0.2) is 64.1 Å². The van der Waals surface area contributed by atoms with Gasteiger partial charge in [-0.15, -0.1) is 0 Å². The van der Waals surface area contributed by atoms with Crippen LogP contribution in [0.25, 0.3) is 22.2 Å². The Morgan fingerprint density at radius 1 is 1.03 bits per heavy atom. The van der Waals surface area contributed by atoms with Crippen LogP contribution in [0.5, 0.6) is 5.75 Å². The summed E-state index contributed by atoms with van der Waals surface area (Å²) in [7, 11) is 3.53. The maximum absolute atomic E-state index is 13.1. The molecule has 0 radical (unpaired) electrons. The van der Waals surface area contributed by atoms with E-state index < -0.39 is 0 Å². The summed E-state index contributed by atoms with van der Waals surface area (Å²) in [6.07, 6.45) is 0.